The lowest BCUT2D eigenvalue weighted by molar-refractivity contribution is -0.117. The van der Waals surface area contributed by atoms with E-state index in [2.05, 4.69) is 17.6 Å². The number of allylic oxidation sites excluding steroid dienone is 1. The highest BCUT2D eigenvalue weighted by Gasteiger charge is 2.45. The predicted octanol–water partition coefficient (Wildman–Crippen LogP) is 3.09. The average molecular weight is 300 g/mol. The maximum absolute atomic E-state index is 12.8. The van der Waals surface area contributed by atoms with Crippen molar-refractivity contribution >= 4 is 23.1 Å². The summed E-state index contributed by atoms with van der Waals surface area (Å²) in [7, 11) is 0. The minimum absolute atomic E-state index is 0.134. The van der Waals surface area contributed by atoms with Crippen LogP contribution in [-0.4, -0.2) is 10.9 Å². The lowest BCUT2D eigenvalue weighted by Gasteiger charge is -2.30. The summed E-state index contributed by atoms with van der Waals surface area (Å²) in [5.74, 6) is 1.03. The largest absolute Gasteiger partial charge is 0.351 e. The predicted molar refractivity (Wildman–Crippen MR) is 87.6 cm³/mol. The van der Waals surface area contributed by atoms with Crippen molar-refractivity contribution in [3.05, 3.63) is 47.2 Å². The fourth-order valence-corrected chi connectivity index (χ4v) is 3.41. The number of carbonyl (C=O) groups excluding carboxylic acids is 1. The van der Waals surface area contributed by atoms with Crippen LogP contribution in [0.15, 0.2) is 41.6 Å². The van der Waals surface area contributed by atoms with E-state index >= 15 is 0 Å². The van der Waals surface area contributed by atoms with Gasteiger partial charge in [-0.25, -0.2) is 0 Å². The fraction of sp³-hybridized carbons (Fsp3) is 0.412. The second-order valence-electron chi connectivity index (χ2n) is 5.86. The number of ketones is 1. The number of rotatable bonds is 4. The minimum Gasteiger partial charge on any atom is -0.351 e. The van der Waals surface area contributed by atoms with Gasteiger partial charge in [0.25, 0.3) is 0 Å². The molecule has 1 fully saturated rings. The second kappa shape index (κ2) is 5.60. The molecule has 0 bridgehead atoms. The van der Waals surface area contributed by atoms with E-state index in [0.29, 0.717) is 11.0 Å². The van der Waals surface area contributed by atoms with Gasteiger partial charge < -0.3 is 10.6 Å². The third-order valence-electron chi connectivity index (χ3n) is 4.45. The van der Waals surface area contributed by atoms with E-state index in [4.69, 9.17) is 12.2 Å². The Morgan fingerprint density at radius 2 is 2.05 bits per heavy atom. The molecule has 1 aromatic rings. The fourth-order valence-electron chi connectivity index (χ4n) is 3.14. The molecule has 0 radical (unpaired) electrons. The molecule has 0 spiro atoms. The number of thiocarbonyl (C=S) groups is 1. The number of Topliss-reactive ketones (excluding diaryl/α,β-unsaturated/α-hetero) is 1. The van der Waals surface area contributed by atoms with Gasteiger partial charge in [-0.05, 0) is 37.0 Å². The van der Waals surface area contributed by atoms with E-state index in [0.717, 1.165) is 29.7 Å². The summed E-state index contributed by atoms with van der Waals surface area (Å²) in [5.41, 5.74) is 2.81. The van der Waals surface area contributed by atoms with Crippen molar-refractivity contribution in [1.29, 1.82) is 0 Å². The van der Waals surface area contributed by atoms with Crippen LogP contribution in [0.2, 0.25) is 0 Å². The van der Waals surface area contributed by atoms with Crippen LogP contribution < -0.4 is 10.6 Å². The standard InChI is InChI=1S/C17H20N2OS/c1-3-11-9-13(11)16(20)14-10(2)18-17(21)19-15(14)12-7-5-4-6-8-12/h4-8,11,13,15H,3,9H2,1-2H3,(H2,18,19,21). The van der Waals surface area contributed by atoms with Gasteiger partial charge in [-0.3, -0.25) is 4.79 Å². The van der Waals surface area contributed by atoms with Crippen LogP contribution in [0.3, 0.4) is 0 Å². The van der Waals surface area contributed by atoms with Crippen LogP contribution in [0.1, 0.15) is 38.3 Å². The van der Waals surface area contributed by atoms with Crippen LogP contribution in [-0.2, 0) is 4.79 Å². The first-order valence-corrected chi connectivity index (χ1v) is 7.90. The number of hydrogen-bond acceptors (Lipinski definition) is 2. The molecule has 1 heterocycles. The number of benzene rings is 1. The monoisotopic (exact) mass is 300 g/mol. The molecule has 110 valence electrons. The summed E-state index contributed by atoms with van der Waals surface area (Å²) in [6.07, 6.45) is 2.11. The van der Waals surface area contributed by atoms with E-state index in [1.165, 1.54) is 0 Å². The van der Waals surface area contributed by atoms with Crippen molar-refractivity contribution in [2.45, 2.75) is 32.7 Å². The molecule has 3 atom stereocenters. The van der Waals surface area contributed by atoms with Gasteiger partial charge >= 0.3 is 0 Å². The highest BCUT2D eigenvalue weighted by atomic mass is 32.1. The Balaban J connectivity index is 1.95. The van der Waals surface area contributed by atoms with E-state index in [-0.39, 0.29) is 17.7 Å². The summed E-state index contributed by atoms with van der Waals surface area (Å²) < 4.78 is 0. The third kappa shape index (κ3) is 2.72. The smallest absolute Gasteiger partial charge is 0.171 e. The van der Waals surface area contributed by atoms with Crippen molar-refractivity contribution < 1.29 is 4.79 Å². The van der Waals surface area contributed by atoms with Crippen molar-refractivity contribution in [2.75, 3.05) is 0 Å². The Morgan fingerprint density at radius 3 is 2.67 bits per heavy atom. The second-order valence-corrected chi connectivity index (χ2v) is 6.26. The Hall–Kier alpha value is -1.68. The molecule has 1 aliphatic carbocycles. The zero-order valence-electron chi connectivity index (χ0n) is 12.3. The quantitative estimate of drug-likeness (QED) is 0.839. The van der Waals surface area contributed by atoms with Gasteiger partial charge in [0.15, 0.2) is 10.9 Å². The SMILES string of the molecule is CCC1CC1C(=O)C1=C(C)NC(=S)NC1c1ccccc1. The molecular formula is C17H20N2OS. The van der Waals surface area contributed by atoms with Crippen molar-refractivity contribution in [3.8, 4) is 0 Å². The van der Waals surface area contributed by atoms with Gasteiger partial charge in [0, 0.05) is 17.2 Å². The lowest BCUT2D eigenvalue weighted by Crippen LogP contribution is -2.45. The number of hydrogen-bond donors (Lipinski definition) is 2. The zero-order chi connectivity index (χ0) is 15.0. The van der Waals surface area contributed by atoms with Gasteiger partial charge in [0.1, 0.15) is 0 Å². The molecule has 3 unspecified atom stereocenters. The van der Waals surface area contributed by atoms with Crippen LogP contribution >= 0.6 is 12.2 Å². The summed E-state index contributed by atoms with van der Waals surface area (Å²) in [4.78, 5) is 12.8. The molecule has 4 heteroatoms. The van der Waals surface area contributed by atoms with Crippen molar-refractivity contribution in [3.63, 3.8) is 0 Å². The Morgan fingerprint density at radius 1 is 1.33 bits per heavy atom. The Kier molecular flexibility index (Phi) is 3.81. The molecule has 0 amide bonds. The topological polar surface area (TPSA) is 41.1 Å². The first kappa shape index (κ1) is 14.3. The summed E-state index contributed by atoms with van der Waals surface area (Å²) in [6.45, 7) is 4.10. The van der Waals surface area contributed by atoms with Gasteiger partial charge in [0.05, 0.1) is 6.04 Å². The minimum atomic E-state index is -0.134. The summed E-state index contributed by atoms with van der Waals surface area (Å²) in [5, 5.41) is 6.94. The first-order valence-electron chi connectivity index (χ1n) is 7.49. The van der Waals surface area contributed by atoms with Gasteiger partial charge in [-0.15, -0.1) is 0 Å². The highest BCUT2D eigenvalue weighted by molar-refractivity contribution is 7.80. The van der Waals surface area contributed by atoms with Gasteiger partial charge in [-0.2, -0.15) is 0 Å². The summed E-state index contributed by atoms with van der Waals surface area (Å²) in [6, 6.07) is 9.91. The summed E-state index contributed by atoms with van der Waals surface area (Å²) >= 11 is 5.26. The number of nitrogens with one attached hydrogen (secondary N) is 2. The van der Waals surface area contributed by atoms with Gasteiger partial charge in [-0.1, -0.05) is 43.7 Å². The van der Waals surface area contributed by atoms with Crippen molar-refractivity contribution in [1.82, 2.24) is 10.6 Å². The van der Waals surface area contributed by atoms with E-state index in [1.807, 2.05) is 37.3 Å². The zero-order valence-corrected chi connectivity index (χ0v) is 13.2. The molecule has 0 saturated heterocycles. The maximum atomic E-state index is 12.8. The normalized spacial score (nSPS) is 27.9. The Bertz CT molecular complexity index is 608. The van der Waals surface area contributed by atoms with Crippen LogP contribution in [0.5, 0.6) is 0 Å². The molecule has 3 nitrogen and oxygen atoms in total. The molecule has 0 aromatic heterocycles. The van der Waals surface area contributed by atoms with E-state index < -0.39 is 0 Å². The average Bonchev–Trinajstić information content (AvgIpc) is 3.26. The molecule has 21 heavy (non-hydrogen) atoms. The first-order chi connectivity index (χ1) is 10.1. The lowest BCUT2D eigenvalue weighted by atomic mass is 9.90. The third-order valence-corrected chi connectivity index (χ3v) is 4.67. The Labute approximate surface area is 130 Å². The van der Waals surface area contributed by atoms with Crippen molar-refractivity contribution in [2.24, 2.45) is 11.8 Å². The molecular weight excluding hydrogens is 280 g/mol. The molecule has 1 aliphatic heterocycles. The maximum Gasteiger partial charge on any atom is 0.171 e. The van der Waals surface area contributed by atoms with E-state index in [9.17, 15) is 4.79 Å². The highest BCUT2D eigenvalue weighted by Crippen LogP contribution is 2.45. The van der Waals surface area contributed by atoms with Crippen LogP contribution in [0.4, 0.5) is 0 Å². The molecule has 3 rings (SSSR count). The van der Waals surface area contributed by atoms with E-state index in [1.54, 1.807) is 0 Å². The molecule has 1 saturated carbocycles. The molecule has 2 aliphatic rings. The number of carbonyl (C=O) groups is 1. The van der Waals surface area contributed by atoms with Crippen LogP contribution in [0.25, 0.3) is 0 Å². The molecule has 1 aromatic carbocycles. The van der Waals surface area contributed by atoms with Crippen LogP contribution in [0, 0.1) is 11.8 Å². The molecule has 2 N–H and O–H groups in total. The van der Waals surface area contributed by atoms with Gasteiger partial charge in [0.2, 0.25) is 0 Å².